The molecule has 0 N–H and O–H groups in total. The van der Waals surface area contributed by atoms with Crippen LogP contribution in [0.4, 0.5) is 22.4 Å². The number of hydrogen-bond acceptors (Lipinski definition) is 4. The Labute approximate surface area is 170 Å². The Balaban J connectivity index is 1.27. The standard InChI is InChI=1S/C19H22F4N6O/c1-26(9-13-2-3-14(8-17(13)20)19(21,22)23)16-11-28(12-16)18(30)27-7-4-15(10-27)29-24-5-6-25-29/h2-3,5-6,8,15-16H,4,7,9-12H2,1H3/t15-/m1/s1. The van der Waals surface area contributed by atoms with Gasteiger partial charge in [0.15, 0.2) is 0 Å². The van der Waals surface area contributed by atoms with Crippen molar-refractivity contribution in [3.05, 3.63) is 47.5 Å². The van der Waals surface area contributed by atoms with Crippen LogP contribution in [0, 0.1) is 5.82 Å². The van der Waals surface area contributed by atoms with Crippen molar-refractivity contribution in [3.8, 4) is 0 Å². The first-order valence-electron chi connectivity index (χ1n) is 9.68. The highest BCUT2D eigenvalue weighted by molar-refractivity contribution is 5.75. The molecule has 2 fully saturated rings. The van der Waals surface area contributed by atoms with Crippen LogP contribution in [0.25, 0.3) is 0 Å². The van der Waals surface area contributed by atoms with Gasteiger partial charge in [-0.05, 0) is 25.6 Å². The quantitative estimate of drug-likeness (QED) is 0.706. The lowest BCUT2D eigenvalue weighted by atomic mass is 10.1. The zero-order valence-electron chi connectivity index (χ0n) is 16.4. The Bertz CT molecular complexity index is 897. The summed E-state index contributed by atoms with van der Waals surface area (Å²) in [7, 11) is 1.78. The number of rotatable bonds is 4. The number of nitrogens with zero attached hydrogens (tertiary/aromatic N) is 6. The maximum atomic E-state index is 14.1. The van der Waals surface area contributed by atoms with Crippen molar-refractivity contribution in [2.45, 2.75) is 31.2 Å². The molecule has 1 atom stereocenters. The molecule has 2 aliphatic heterocycles. The summed E-state index contributed by atoms with van der Waals surface area (Å²) in [4.78, 5) is 19.7. The molecule has 4 rings (SSSR count). The molecule has 7 nitrogen and oxygen atoms in total. The molecule has 0 aliphatic carbocycles. The lowest BCUT2D eigenvalue weighted by Crippen LogP contribution is -2.62. The Morgan fingerprint density at radius 2 is 1.87 bits per heavy atom. The highest BCUT2D eigenvalue weighted by Crippen LogP contribution is 2.31. The van der Waals surface area contributed by atoms with E-state index in [0.717, 1.165) is 12.5 Å². The molecule has 2 saturated heterocycles. The van der Waals surface area contributed by atoms with E-state index in [9.17, 15) is 22.4 Å². The monoisotopic (exact) mass is 426 g/mol. The number of hydrogen-bond donors (Lipinski definition) is 0. The van der Waals surface area contributed by atoms with Crippen LogP contribution in [0.3, 0.4) is 0 Å². The van der Waals surface area contributed by atoms with Crippen LogP contribution >= 0.6 is 0 Å². The summed E-state index contributed by atoms with van der Waals surface area (Å²) >= 11 is 0. The van der Waals surface area contributed by atoms with Crippen molar-refractivity contribution in [1.82, 2.24) is 29.7 Å². The van der Waals surface area contributed by atoms with Crippen LogP contribution in [0.1, 0.15) is 23.6 Å². The van der Waals surface area contributed by atoms with Crippen LogP contribution in [-0.2, 0) is 12.7 Å². The Hall–Kier alpha value is -2.69. The molecule has 0 saturated carbocycles. The number of aromatic nitrogens is 3. The second-order valence-corrected chi connectivity index (χ2v) is 7.80. The lowest BCUT2D eigenvalue weighted by molar-refractivity contribution is -0.137. The van der Waals surface area contributed by atoms with E-state index in [2.05, 4.69) is 10.2 Å². The minimum Gasteiger partial charge on any atom is -0.322 e. The average molecular weight is 426 g/mol. The molecule has 1 aromatic heterocycles. The summed E-state index contributed by atoms with van der Waals surface area (Å²) in [5, 5.41) is 8.25. The third-order valence-electron chi connectivity index (χ3n) is 5.75. The number of alkyl halides is 3. The smallest absolute Gasteiger partial charge is 0.322 e. The van der Waals surface area contributed by atoms with Gasteiger partial charge in [-0.15, -0.1) is 0 Å². The van der Waals surface area contributed by atoms with Crippen molar-refractivity contribution in [3.63, 3.8) is 0 Å². The van der Waals surface area contributed by atoms with E-state index in [1.807, 2.05) is 4.90 Å². The van der Waals surface area contributed by atoms with Crippen LogP contribution < -0.4 is 0 Å². The molecule has 0 radical (unpaired) electrons. The number of carbonyl (C=O) groups excluding carboxylic acids is 1. The Morgan fingerprint density at radius 1 is 1.17 bits per heavy atom. The molecule has 2 aliphatic rings. The number of likely N-dealkylation sites (tertiary alicyclic amines) is 2. The van der Waals surface area contributed by atoms with Gasteiger partial charge in [-0.1, -0.05) is 6.07 Å². The number of halogens is 4. The van der Waals surface area contributed by atoms with Crippen LogP contribution in [0.2, 0.25) is 0 Å². The van der Waals surface area contributed by atoms with Crippen molar-refractivity contribution in [1.29, 1.82) is 0 Å². The first kappa shape index (κ1) is 20.6. The van der Waals surface area contributed by atoms with Crippen molar-refractivity contribution < 1.29 is 22.4 Å². The van der Waals surface area contributed by atoms with Crippen LogP contribution in [0.15, 0.2) is 30.6 Å². The number of amides is 2. The summed E-state index contributed by atoms with van der Waals surface area (Å²) in [5.74, 6) is -0.876. The summed E-state index contributed by atoms with van der Waals surface area (Å²) < 4.78 is 52.1. The van der Waals surface area contributed by atoms with E-state index in [4.69, 9.17) is 0 Å². The molecule has 2 amide bonds. The topological polar surface area (TPSA) is 57.5 Å². The number of urea groups is 1. The minimum atomic E-state index is -4.57. The van der Waals surface area contributed by atoms with Gasteiger partial charge in [0.2, 0.25) is 0 Å². The number of carbonyl (C=O) groups is 1. The fourth-order valence-electron chi connectivity index (χ4n) is 3.86. The molecule has 30 heavy (non-hydrogen) atoms. The molecular formula is C19H22F4N6O. The average Bonchev–Trinajstić information content (AvgIpc) is 3.32. The fraction of sp³-hybridized carbons (Fsp3) is 0.526. The lowest BCUT2D eigenvalue weighted by Gasteiger charge is -2.45. The normalized spacial score (nSPS) is 20.1. The number of benzene rings is 1. The SMILES string of the molecule is CN(Cc1ccc(C(F)(F)F)cc1F)C1CN(C(=O)N2CC[C@@H](n3nccn3)C2)C1. The molecule has 0 spiro atoms. The Kier molecular flexibility index (Phi) is 5.39. The van der Waals surface area contributed by atoms with E-state index < -0.39 is 17.6 Å². The maximum Gasteiger partial charge on any atom is 0.416 e. The predicted molar refractivity (Wildman–Crippen MR) is 98.9 cm³/mol. The van der Waals surface area contributed by atoms with E-state index in [1.54, 1.807) is 34.0 Å². The second kappa shape index (κ2) is 7.86. The molecule has 162 valence electrons. The third kappa shape index (κ3) is 4.11. The zero-order chi connectivity index (χ0) is 21.5. The summed E-state index contributed by atoms with van der Waals surface area (Å²) in [6, 6.07) is 2.64. The molecular weight excluding hydrogens is 404 g/mol. The largest absolute Gasteiger partial charge is 0.416 e. The molecule has 11 heteroatoms. The van der Waals surface area contributed by atoms with Crippen LogP contribution in [0.5, 0.6) is 0 Å². The first-order chi connectivity index (χ1) is 14.2. The number of likely N-dealkylation sites (N-methyl/N-ethyl adjacent to an activating group) is 1. The third-order valence-corrected chi connectivity index (χ3v) is 5.75. The van der Waals surface area contributed by atoms with E-state index in [1.165, 1.54) is 6.07 Å². The highest BCUT2D eigenvalue weighted by atomic mass is 19.4. The summed E-state index contributed by atoms with van der Waals surface area (Å²) in [5.41, 5.74) is -0.801. The molecule has 0 bridgehead atoms. The molecule has 1 aromatic carbocycles. The molecule has 0 unspecified atom stereocenters. The van der Waals surface area contributed by atoms with E-state index in [0.29, 0.717) is 32.2 Å². The molecule has 3 heterocycles. The summed E-state index contributed by atoms with van der Waals surface area (Å²) in [6.07, 6.45) is -0.549. The van der Waals surface area contributed by atoms with Crippen LogP contribution in [-0.4, -0.2) is 75.0 Å². The summed E-state index contributed by atoms with van der Waals surface area (Å²) in [6.45, 7) is 2.37. The molecule has 2 aromatic rings. The van der Waals surface area contributed by atoms with Gasteiger partial charge >= 0.3 is 12.2 Å². The van der Waals surface area contributed by atoms with Crippen molar-refractivity contribution in [2.24, 2.45) is 0 Å². The van der Waals surface area contributed by atoms with Gasteiger partial charge in [-0.2, -0.15) is 28.2 Å². The second-order valence-electron chi connectivity index (χ2n) is 7.80. The fourth-order valence-corrected chi connectivity index (χ4v) is 3.86. The van der Waals surface area contributed by atoms with Gasteiger partial charge in [-0.25, -0.2) is 9.18 Å². The van der Waals surface area contributed by atoms with Gasteiger partial charge in [-0.3, -0.25) is 4.90 Å². The van der Waals surface area contributed by atoms with Gasteiger partial charge in [0.05, 0.1) is 24.0 Å². The zero-order valence-corrected chi connectivity index (χ0v) is 16.4. The minimum absolute atomic E-state index is 0.0295. The van der Waals surface area contributed by atoms with Gasteiger partial charge < -0.3 is 9.80 Å². The van der Waals surface area contributed by atoms with Crippen molar-refractivity contribution in [2.75, 3.05) is 33.2 Å². The Morgan fingerprint density at radius 3 is 2.50 bits per heavy atom. The van der Waals surface area contributed by atoms with Crippen molar-refractivity contribution >= 4 is 6.03 Å². The first-order valence-corrected chi connectivity index (χ1v) is 9.68. The predicted octanol–water partition coefficient (Wildman–Crippen LogP) is 2.62. The van der Waals surface area contributed by atoms with E-state index >= 15 is 0 Å². The van der Waals surface area contributed by atoms with E-state index in [-0.39, 0.29) is 30.2 Å². The van der Waals surface area contributed by atoms with Gasteiger partial charge in [0.25, 0.3) is 0 Å². The maximum absolute atomic E-state index is 14.1. The van der Waals surface area contributed by atoms with Gasteiger partial charge in [0, 0.05) is 44.3 Å². The van der Waals surface area contributed by atoms with Gasteiger partial charge in [0.1, 0.15) is 5.82 Å². The highest BCUT2D eigenvalue weighted by Gasteiger charge is 2.38.